The minimum atomic E-state index is 0.0983. The second kappa shape index (κ2) is 7.83. The maximum absolute atomic E-state index is 11.4. The van der Waals surface area contributed by atoms with Gasteiger partial charge >= 0.3 is 0 Å². The molecule has 0 atom stereocenters. The molecule has 0 saturated carbocycles. The van der Waals surface area contributed by atoms with Gasteiger partial charge in [0.05, 0.1) is 0 Å². The summed E-state index contributed by atoms with van der Waals surface area (Å²) in [6.45, 7) is 4.05. The van der Waals surface area contributed by atoms with Gasteiger partial charge in [0.15, 0.2) is 5.78 Å². The lowest BCUT2D eigenvalue weighted by Gasteiger charge is -2.23. The van der Waals surface area contributed by atoms with Gasteiger partial charge in [-0.25, -0.2) is 0 Å². The maximum Gasteiger partial charge on any atom is 0.186 e. The molecule has 0 spiro atoms. The van der Waals surface area contributed by atoms with Crippen LogP contribution in [0.25, 0.3) is 11.1 Å². The fourth-order valence-corrected chi connectivity index (χ4v) is 3.19. The minimum Gasteiger partial charge on any atom is -0.351 e. The zero-order valence-electron chi connectivity index (χ0n) is 15.4. The Hall–Kier alpha value is -3.13. The molecule has 130 valence electrons. The molecule has 1 aliphatic heterocycles. The molecular formula is C24H23NO. The highest BCUT2D eigenvalue weighted by Crippen LogP contribution is 2.31. The monoisotopic (exact) mass is 341 g/mol. The van der Waals surface area contributed by atoms with Crippen LogP contribution in [0, 0.1) is 0 Å². The lowest BCUT2D eigenvalue weighted by Crippen LogP contribution is -2.13. The largest absolute Gasteiger partial charge is 0.351 e. The van der Waals surface area contributed by atoms with Crippen LogP contribution in [0.2, 0.25) is 0 Å². The number of fused-ring (bicyclic) bond motifs is 2. The quantitative estimate of drug-likeness (QED) is 0.595. The number of rotatable bonds is 0. The highest BCUT2D eigenvalue weighted by atomic mass is 16.1. The summed E-state index contributed by atoms with van der Waals surface area (Å²) in [4.78, 5) is 13.6. The van der Waals surface area contributed by atoms with Crippen LogP contribution in [-0.4, -0.2) is 12.8 Å². The van der Waals surface area contributed by atoms with Crippen LogP contribution >= 0.6 is 0 Å². The third-order valence-corrected chi connectivity index (χ3v) is 4.61. The normalized spacial score (nSPS) is 17.7. The molecule has 2 aromatic rings. The number of anilines is 1. The van der Waals surface area contributed by atoms with E-state index in [0.717, 1.165) is 16.7 Å². The van der Waals surface area contributed by atoms with E-state index in [1.165, 1.54) is 16.8 Å². The third kappa shape index (κ3) is 3.45. The fraction of sp³-hybridized carbons (Fsp3) is 0.125. The molecule has 0 bridgehead atoms. The van der Waals surface area contributed by atoms with E-state index in [9.17, 15) is 4.79 Å². The molecule has 4 rings (SSSR count). The number of allylic oxidation sites excluding steroid dienone is 7. The molecule has 2 aliphatic rings. The fourth-order valence-electron chi connectivity index (χ4n) is 3.19. The van der Waals surface area contributed by atoms with Crippen LogP contribution in [0.4, 0.5) is 5.69 Å². The van der Waals surface area contributed by atoms with E-state index >= 15 is 0 Å². The van der Waals surface area contributed by atoms with Gasteiger partial charge in [0.25, 0.3) is 0 Å². The predicted molar refractivity (Wildman–Crippen MR) is 111 cm³/mol. The number of para-hydroxylation sites is 1. The van der Waals surface area contributed by atoms with E-state index in [1.54, 1.807) is 6.08 Å². The highest BCUT2D eigenvalue weighted by Gasteiger charge is 2.14. The summed E-state index contributed by atoms with van der Waals surface area (Å²) in [5.41, 5.74) is 6.85. The number of benzene rings is 2. The van der Waals surface area contributed by atoms with Crippen LogP contribution in [0.15, 0.2) is 85.1 Å². The van der Waals surface area contributed by atoms with E-state index in [1.807, 2.05) is 43.3 Å². The number of ketones is 1. The van der Waals surface area contributed by atoms with Crippen molar-refractivity contribution in [2.24, 2.45) is 0 Å². The Balaban J connectivity index is 0.000000151. The number of hydrogen-bond donors (Lipinski definition) is 0. The molecule has 2 aromatic carbocycles. The second-order valence-electron chi connectivity index (χ2n) is 6.17. The van der Waals surface area contributed by atoms with E-state index < -0.39 is 0 Å². The first-order chi connectivity index (χ1) is 12.7. The van der Waals surface area contributed by atoms with Gasteiger partial charge in [-0.05, 0) is 48.8 Å². The molecule has 0 fully saturated rings. The summed E-state index contributed by atoms with van der Waals surface area (Å²) < 4.78 is 0. The van der Waals surface area contributed by atoms with Crippen molar-refractivity contribution in [3.63, 3.8) is 0 Å². The van der Waals surface area contributed by atoms with Crippen molar-refractivity contribution >= 4 is 22.6 Å². The molecule has 26 heavy (non-hydrogen) atoms. The first-order valence-electron chi connectivity index (χ1n) is 8.80. The summed E-state index contributed by atoms with van der Waals surface area (Å²) in [5.74, 6) is 0.0983. The molecule has 0 aromatic heterocycles. The zero-order chi connectivity index (χ0) is 18.5. The number of carbonyl (C=O) groups is 1. The Morgan fingerprint density at radius 1 is 0.731 bits per heavy atom. The average molecular weight is 341 g/mol. The van der Waals surface area contributed by atoms with Crippen LogP contribution in [0.3, 0.4) is 0 Å². The van der Waals surface area contributed by atoms with Crippen LogP contribution in [-0.2, 0) is 0 Å². The minimum absolute atomic E-state index is 0.0983. The Kier molecular flexibility index (Phi) is 5.33. The van der Waals surface area contributed by atoms with Gasteiger partial charge in [-0.3, -0.25) is 4.79 Å². The van der Waals surface area contributed by atoms with E-state index in [2.05, 4.69) is 61.5 Å². The molecule has 0 N–H and O–H groups in total. The lowest BCUT2D eigenvalue weighted by molar-refractivity contribution is 0.104. The van der Waals surface area contributed by atoms with Crippen LogP contribution in [0.5, 0.6) is 0 Å². The molecule has 1 aliphatic carbocycles. The van der Waals surface area contributed by atoms with Gasteiger partial charge in [0, 0.05) is 30.1 Å². The molecule has 2 nitrogen and oxygen atoms in total. The maximum atomic E-state index is 11.4. The molecule has 0 unspecified atom stereocenters. The third-order valence-electron chi connectivity index (χ3n) is 4.61. The zero-order valence-corrected chi connectivity index (χ0v) is 15.4. The van der Waals surface area contributed by atoms with Crippen LogP contribution in [0.1, 0.15) is 35.3 Å². The molecule has 0 radical (unpaired) electrons. The van der Waals surface area contributed by atoms with Gasteiger partial charge in [0.1, 0.15) is 0 Å². The van der Waals surface area contributed by atoms with Crippen LogP contribution < -0.4 is 4.90 Å². The van der Waals surface area contributed by atoms with Gasteiger partial charge in [-0.1, -0.05) is 60.7 Å². The average Bonchev–Trinajstić information content (AvgIpc) is 2.70. The number of nitrogens with zero attached hydrogens (tertiary/aromatic N) is 1. The van der Waals surface area contributed by atoms with Crippen molar-refractivity contribution in [1.82, 2.24) is 0 Å². The van der Waals surface area contributed by atoms with E-state index in [4.69, 9.17) is 0 Å². The standard InChI is InChI=1S/C12H13N.C12H10O/c1-3-10-8-9-13(2)12-7-5-4-6-11(10)12;1-2-9-7-8-12(13)11-6-4-3-5-10(9)11/h3-9H,1-2H3;2-8H,1H3/b10-3+;9-2+. The van der Waals surface area contributed by atoms with Crippen molar-refractivity contribution < 1.29 is 4.79 Å². The van der Waals surface area contributed by atoms with Crippen molar-refractivity contribution in [2.45, 2.75) is 13.8 Å². The molecule has 1 heterocycles. The summed E-state index contributed by atoms with van der Waals surface area (Å²) in [6, 6.07) is 16.1. The summed E-state index contributed by atoms with van der Waals surface area (Å²) in [6.07, 6.45) is 11.9. The Morgan fingerprint density at radius 3 is 2.00 bits per heavy atom. The first-order valence-corrected chi connectivity index (χ1v) is 8.80. The van der Waals surface area contributed by atoms with Crippen molar-refractivity contribution in [3.8, 4) is 0 Å². The number of hydrogen-bond acceptors (Lipinski definition) is 2. The Bertz CT molecular complexity index is 944. The van der Waals surface area contributed by atoms with Crippen molar-refractivity contribution in [1.29, 1.82) is 0 Å². The lowest BCUT2D eigenvalue weighted by atomic mass is 9.92. The van der Waals surface area contributed by atoms with Crippen molar-refractivity contribution in [3.05, 3.63) is 102 Å². The smallest absolute Gasteiger partial charge is 0.186 e. The molecular weight excluding hydrogens is 318 g/mol. The van der Waals surface area contributed by atoms with Crippen molar-refractivity contribution in [2.75, 3.05) is 11.9 Å². The first kappa shape index (κ1) is 17.7. The molecule has 2 heteroatoms. The highest BCUT2D eigenvalue weighted by molar-refractivity contribution is 6.12. The Morgan fingerprint density at radius 2 is 1.31 bits per heavy atom. The van der Waals surface area contributed by atoms with Gasteiger partial charge in [-0.2, -0.15) is 0 Å². The second-order valence-corrected chi connectivity index (χ2v) is 6.17. The van der Waals surface area contributed by atoms with Gasteiger partial charge in [-0.15, -0.1) is 0 Å². The predicted octanol–water partition coefficient (Wildman–Crippen LogP) is 5.90. The van der Waals surface area contributed by atoms with Gasteiger partial charge < -0.3 is 4.90 Å². The van der Waals surface area contributed by atoms with E-state index in [-0.39, 0.29) is 5.78 Å². The molecule has 0 amide bonds. The topological polar surface area (TPSA) is 20.3 Å². The molecule has 0 saturated heterocycles. The van der Waals surface area contributed by atoms with Gasteiger partial charge in [0.2, 0.25) is 0 Å². The number of carbonyl (C=O) groups excluding carboxylic acids is 1. The summed E-state index contributed by atoms with van der Waals surface area (Å²) >= 11 is 0. The van der Waals surface area contributed by atoms with E-state index in [0.29, 0.717) is 0 Å². The summed E-state index contributed by atoms with van der Waals surface area (Å²) in [7, 11) is 2.07. The SMILES string of the molecule is C/C=C1\C=CC(=O)c2ccccc21.C/C=C1\C=CN(C)c2ccccc21. The Labute approximate surface area is 155 Å². The summed E-state index contributed by atoms with van der Waals surface area (Å²) in [5, 5.41) is 0.